The number of carbonyl (C=O) groups excluding carboxylic acids is 1. The third-order valence-corrected chi connectivity index (χ3v) is 2.39. The Hall–Kier alpha value is -0.790. The first-order valence-electron chi connectivity index (χ1n) is 4.61. The Bertz CT molecular complexity index is 178. The van der Waals surface area contributed by atoms with Crippen LogP contribution in [-0.2, 0) is 9.53 Å². The Kier molecular flexibility index (Phi) is 3.32. The predicted molar refractivity (Wildman–Crippen MR) is 47.7 cm³/mol. The highest BCUT2D eigenvalue weighted by Crippen LogP contribution is 2.30. The lowest BCUT2D eigenvalue weighted by Gasteiger charge is -2.10. The fraction of sp³-hybridized carbons (Fsp3) is 0.700. The molecule has 1 rings (SSSR count). The molecule has 0 amide bonds. The second-order valence-electron chi connectivity index (χ2n) is 3.23. The van der Waals surface area contributed by atoms with Crippen molar-refractivity contribution in [1.82, 2.24) is 0 Å². The van der Waals surface area contributed by atoms with Gasteiger partial charge in [-0.2, -0.15) is 0 Å². The van der Waals surface area contributed by atoms with Crippen LogP contribution in [0.1, 0.15) is 32.6 Å². The van der Waals surface area contributed by atoms with Gasteiger partial charge in [-0.15, -0.1) is 0 Å². The quantitative estimate of drug-likeness (QED) is 0.477. The van der Waals surface area contributed by atoms with Crippen LogP contribution in [-0.4, -0.2) is 12.6 Å². The second kappa shape index (κ2) is 4.29. The van der Waals surface area contributed by atoms with Gasteiger partial charge in [0.05, 0.1) is 6.61 Å². The molecule has 0 aromatic heterocycles. The molecular weight excluding hydrogens is 152 g/mol. The number of hydrogen-bond donors (Lipinski definition) is 0. The van der Waals surface area contributed by atoms with Crippen molar-refractivity contribution in [3.8, 4) is 0 Å². The van der Waals surface area contributed by atoms with E-state index in [-0.39, 0.29) is 5.97 Å². The van der Waals surface area contributed by atoms with Crippen LogP contribution < -0.4 is 0 Å². The van der Waals surface area contributed by atoms with Gasteiger partial charge >= 0.3 is 5.97 Å². The van der Waals surface area contributed by atoms with E-state index in [4.69, 9.17) is 4.74 Å². The highest BCUT2D eigenvalue weighted by Gasteiger charge is 2.23. The van der Waals surface area contributed by atoms with Gasteiger partial charge in [-0.05, 0) is 25.7 Å². The minimum absolute atomic E-state index is 0.204. The molecule has 0 aromatic carbocycles. The summed E-state index contributed by atoms with van der Waals surface area (Å²) in [4.78, 5) is 11.2. The first-order chi connectivity index (χ1) is 5.75. The fourth-order valence-corrected chi connectivity index (χ4v) is 1.66. The molecule has 0 spiro atoms. The van der Waals surface area contributed by atoms with Crippen LogP contribution in [0.5, 0.6) is 0 Å². The summed E-state index contributed by atoms with van der Waals surface area (Å²) in [6.07, 6.45) is 4.67. The zero-order valence-electron chi connectivity index (χ0n) is 7.64. The average molecular weight is 168 g/mol. The van der Waals surface area contributed by atoms with Crippen molar-refractivity contribution < 1.29 is 9.53 Å². The Morgan fingerprint density at radius 2 is 2.08 bits per heavy atom. The smallest absolute Gasteiger partial charge is 0.333 e. The Labute approximate surface area is 73.6 Å². The van der Waals surface area contributed by atoms with Gasteiger partial charge in [-0.25, -0.2) is 4.79 Å². The maximum atomic E-state index is 11.2. The first-order valence-corrected chi connectivity index (χ1v) is 4.61. The topological polar surface area (TPSA) is 26.3 Å². The van der Waals surface area contributed by atoms with E-state index in [0.29, 0.717) is 18.1 Å². The van der Waals surface area contributed by atoms with Gasteiger partial charge in [0.25, 0.3) is 0 Å². The van der Waals surface area contributed by atoms with E-state index in [1.165, 1.54) is 12.8 Å². The van der Waals surface area contributed by atoms with E-state index in [0.717, 1.165) is 12.8 Å². The summed E-state index contributed by atoms with van der Waals surface area (Å²) in [7, 11) is 0. The molecule has 1 saturated carbocycles. The summed E-state index contributed by atoms with van der Waals surface area (Å²) in [5.41, 5.74) is 0.675. The third kappa shape index (κ3) is 2.10. The van der Waals surface area contributed by atoms with Crippen LogP contribution in [0, 0.1) is 5.92 Å². The molecule has 0 heterocycles. The van der Waals surface area contributed by atoms with Gasteiger partial charge < -0.3 is 4.74 Å². The van der Waals surface area contributed by atoms with Crippen molar-refractivity contribution in [2.75, 3.05) is 6.61 Å². The normalized spacial score (nSPS) is 17.8. The third-order valence-electron chi connectivity index (χ3n) is 2.39. The molecule has 0 aliphatic heterocycles. The average Bonchev–Trinajstić information content (AvgIpc) is 2.55. The van der Waals surface area contributed by atoms with E-state index in [2.05, 4.69) is 6.58 Å². The molecule has 0 atom stereocenters. The predicted octanol–water partition coefficient (Wildman–Crippen LogP) is 2.30. The van der Waals surface area contributed by atoms with Crippen LogP contribution in [0.2, 0.25) is 0 Å². The van der Waals surface area contributed by atoms with E-state index in [9.17, 15) is 4.79 Å². The molecule has 1 fully saturated rings. The van der Waals surface area contributed by atoms with Crippen LogP contribution in [0.4, 0.5) is 0 Å². The monoisotopic (exact) mass is 168 g/mol. The number of esters is 1. The van der Waals surface area contributed by atoms with E-state index >= 15 is 0 Å². The van der Waals surface area contributed by atoms with Gasteiger partial charge in [0.2, 0.25) is 0 Å². The summed E-state index contributed by atoms with van der Waals surface area (Å²) < 4.78 is 4.88. The largest absolute Gasteiger partial charge is 0.463 e. The van der Waals surface area contributed by atoms with Crippen molar-refractivity contribution in [3.05, 3.63) is 12.2 Å². The SMILES string of the molecule is C=C(C(=O)OCC)C1CCCC1. The van der Waals surface area contributed by atoms with E-state index in [1.54, 1.807) is 0 Å². The Morgan fingerprint density at radius 1 is 1.50 bits per heavy atom. The summed E-state index contributed by atoms with van der Waals surface area (Å²) >= 11 is 0. The molecule has 1 aliphatic carbocycles. The van der Waals surface area contributed by atoms with Crippen molar-refractivity contribution >= 4 is 5.97 Å². The standard InChI is InChI=1S/C10H16O2/c1-3-12-10(11)8(2)9-6-4-5-7-9/h9H,2-7H2,1H3. The summed E-state index contributed by atoms with van der Waals surface area (Å²) in [6, 6.07) is 0. The van der Waals surface area contributed by atoms with Gasteiger partial charge in [-0.3, -0.25) is 0 Å². The van der Waals surface area contributed by atoms with Gasteiger partial charge in [-0.1, -0.05) is 19.4 Å². The van der Waals surface area contributed by atoms with Crippen LogP contribution in [0.3, 0.4) is 0 Å². The molecule has 0 saturated heterocycles. The van der Waals surface area contributed by atoms with Crippen molar-refractivity contribution in [2.24, 2.45) is 5.92 Å². The summed E-state index contributed by atoms with van der Waals surface area (Å²) in [5, 5.41) is 0. The zero-order valence-corrected chi connectivity index (χ0v) is 7.64. The molecule has 0 unspecified atom stereocenters. The molecule has 1 aliphatic rings. The van der Waals surface area contributed by atoms with Crippen molar-refractivity contribution in [2.45, 2.75) is 32.6 Å². The van der Waals surface area contributed by atoms with Gasteiger partial charge in [0, 0.05) is 5.57 Å². The first kappa shape index (κ1) is 9.30. The summed E-state index contributed by atoms with van der Waals surface area (Å²) in [6.45, 7) is 6.05. The lowest BCUT2D eigenvalue weighted by molar-refractivity contribution is -0.139. The lowest BCUT2D eigenvalue weighted by Crippen LogP contribution is -2.12. The molecule has 0 radical (unpaired) electrons. The number of hydrogen-bond acceptors (Lipinski definition) is 2. The molecule has 2 heteroatoms. The maximum absolute atomic E-state index is 11.2. The van der Waals surface area contributed by atoms with Crippen molar-refractivity contribution in [3.63, 3.8) is 0 Å². The van der Waals surface area contributed by atoms with Crippen molar-refractivity contribution in [1.29, 1.82) is 0 Å². The minimum Gasteiger partial charge on any atom is -0.463 e. The van der Waals surface area contributed by atoms with E-state index in [1.807, 2.05) is 6.92 Å². The second-order valence-corrected chi connectivity index (χ2v) is 3.23. The molecule has 0 aromatic rings. The fourth-order valence-electron chi connectivity index (χ4n) is 1.66. The molecule has 0 N–H and O–H groups in total. The number of carbonyl (C=O) groups is 1. The molecule has 2 nitrogen and oxygen atoms in total. The van der Waals surface area contributed by atoms with Crippen LogP contribution in [0.15, 0.2) is 12.2 Å². The highest BCUT2D eigenvalue weighted by molar-refractivity contribution is 5.88. The van der Waals surface area contributed by atoms with Crippen LogP contribution in [0.25, 0.3) is 0 Å². The molecule has 0 bridgehead atoms. The number of rotatable bonds is 3. The van der Waals surface area contributed by atoms with E-state index < -0.39 is 0 Å². The minimum atomic E-state index is -0.204. The summed E-state index contributed by atoms with van der Waals surface area (Å²) in [5.74, 6) is 0.188. The number of ether oxygens (including phenoxy) is 1. The van der Waals surface area contributed by atoms with Crippen LogP contribution >= 0.6 is 0 Å². The maximum Gasteiger partial charge on any atom is 0.333 e. The molecule has 68 valence electrons. The Balaban J connectivity index is 2.40. The lowest BCUT2D eigenvalue weighted by atomic mass is 9.99. The molecule has 12 heavy (non-hydrogen) atoms. The van der Waals surface area contributed by atoms with Gasteiger partial charge in [0.1, 0.15) is 0 Å². The van der Waals surface area contributed by atoms with Gasteiger partial charge in [0.15, 0.2) is 0 Å². The molecular formula is C10H16O2. The highest BCUT2D eigenvalue weighted by atomic mass is 16.5. The zero-order chi connectivity index (χ0) is 8.97. The Morgan fingerprint density at radius 3 is 2.58 bits per heavy atom.